The minimum atomic E-state index is 0.743. The summed E-state index contributed by atoms with van der Waals surface area (Å²) < 4.78 is 6.12. The fraction of sp³-hybridized carbons (Fsp3) is 0.0833. The van der Waals surface area contributed by atoms with E-state index in [1.165, 1.54) is 49.0 Å². The zero-order chi connectivity index (χ0) is 34.0. The Morgan fingerprint density at radius 1 is 0.640 bits per heavy atom. The standard InChI is InChI=1S/C48H39NO/c1-3-4-18-38-32(2)50-47-28-26-36(30-45(38)47)35-25-27-42-44(29-35)40-20-12-11-19-39(40)41-21-13-22-43(48(41)42)46(49)31-37(34-16-9-6-10-17-34)24-23-33-14-7-5-8-15-33/h4-22,24-31H,3,23,49H2,1-2H3/b18-4-,37-24+,46-31-. The second kappa shape index (κ2) is 13.4. The topological polar surface area (TPSA) is 39.2 Å². The SMILES string of the molecule is CC/C=C\c1c(C)oc2ccc(-c3ccc4c(c3)c3ccccc3c3cccc(/C(N)=C/C(=C\Cc5ccccc5)c5ccccc5)c34)cc12. The molecule has 2 nitrogen and oxygen atoms in total. The van der Waals surface area contributed by atoms with E-state index in [9.17, 15) is 0 Å². The van der Waals surface area contributed by atoms with Gasteiger partial charge in [-0.3, -0.25) is 0 Å². The lowest BCUT2D eigenvalue weighted by Gasteiger charge is -2.16. The summed E-state index contributed by atoms with van der Waals surface area (Å²) in [5.74, 6) is 0.946. The Hall–Kier alpha value is -6.12. The van der Waals surface area contributed by atoms with Crippen LogP contribution in [0, 0.1) is 6.92 Å². The summed E-state index contributed by atoms with van der Waals surface area (Å²) in [6, 6.07) is 49.8. The Kier molecular flexibility index (Phi) is 8.36. The molecule has 0 amide bonds. The highest BCUT2D eigenvalue weighted by molar-refractivity contribution is 6.27. The molecule has 242 valence electrons. The molecule has 8 aromatic rings. The van der Waals surface area contributed by atoms with Gasteiger partial charge in [0.25, 0.3) is 0 Å². The maximum absolute atomic E-state index is 7.13. The van der Waals surface area contributed by atoms with Gasteiger partial charge >= 0.3 is 0 Å². The van der Waals surface area contributed by atoms with E-state index in [2.05, 4.69) is 171 Å². The summed E-state index contributed by atoms with van der Waals surface area (Å²) in [6.45, 7) is 4.20. The quantitative estimate of drug-likeness (QED) is 0.132. The van der Waals surface area contributed by atoms with Gasteiger partial charge in [-0.2, -0.15) is 0 Å². The molecule has 0 aliphatic rings. The van der Waals surface area contributed by atoms with Gasteiger partial charge < -0.3 is 10.2 Å². The zero-order valence-electron chi connectivity index (χ0n) is 28.5. The largest absolute Gasteiger partial charge is 0.461 e. The Bertz CT molecular complexity index is 2600. The predicted molar refractivity (Wildman–Crippen MR) is 215 cm³/mol. The van der Waals surface area contributed by atoms with Crippen LogP contribution in [-0.4, -0.2) is 0 Å². The molecule has 0 spiro atoms. The first-order chi connectivity index (χ1) is 24.6. The molecule has 1 heterocycles. The van der Waals surface area contributed by atoms with E-state index in [0.29, 0.717) is 0 Å². The van der Waals surface area contributed by atoms with Gasteiger partial charge in [0.1, 0.15) is 11.3 Å². The Labute approximate surface area is 293 Å². The van der Waals surface area contributed by atoms with Crippen LogP contribution in [0.2, 0.25) is 0 Å². The maximum atomic E-state index is 7.13. The number of fused-ring (bicyclic) bond motifs is 7. The van der Waals surface area contributed by atoms with Crippen molar-refractivity contribution >= 4 is 60.6 Å². The number of benzene rings is 7. The van der Waals surface area contributed by atoms with Gasteiger partial charge in [-0.1, -0.05) is 146 Å². The van der Waals surface area contributed by atoms with E-state index in [1.54, 1.807) is 0 Å². The number of furan rings is 1. The van der Waals surface area contributed by atoms with E-state index >= 15 is 0 Å². The van der Waals surface area contributed by atoms with Crippen LogP contribution in [0.3, 0.4) is 0 Å². The van der Waals surface area contributed by atoms with Gasteiger partial charge in [-0.05, 0) is 104 Å². The first-order valence-electron chi connectivity index (χ1n) is 17.4. The van der Waals surface area contributed by atoms with Crippen molar-refractivity contribution in [3.8, 4) is 11.1 Å². The molecule has 0 unspecified atom stereocenters. The second-order valence-corrected chi connectivity index (χ2v) is 12.9. The second-order valence-electron chi connectivity index (χ2n) is 12.9. The summed E-state index contributed by atoms with van der Waals surface area (Å²) >= 11 is 0. The van der Waals surface area contributed by atoms with E-state index in [4.69, 9.17) is 10.2 Å². The Morgan fingerprint density at radius 2 is 1.28 bits per heavy atom. The lowest BCUT2D eigenvalue weighted by molar-refractivity contribution is 0.577. The summed E-state index contributed by atoms with van der Waals surface area (Å²) in [6.07, 6.45) is 10.6. The monoisotopic (exact) mass is 645 g/mol. The molecule has 8 rings (SSSR count). The average molecular weight is 646 g/mol. The highest BCUT2D eigenvalue weighted by Crippen LogP contribution is 2.41. The van der Waals surface area contributed by atoms with Gasteiger partial charge in [0.2, 0.25) is 0 Å². The molecule has 0 aliphatic heterocycles. The van der Waals surface area contributed by atoms with Gasteiger partial charge in [0.05, 0.1) is 0 Å². The van der Waals surface area contributed by atoms with Crippen molar-refractivity contribution in [2.45, 2.75) is 26.7 Å². The lowest BCUT2D eigenvalue weighted by atomic mass is 9.88. The molecule has 2 N–H and O–H groups in total. The fourth-order valence-corrected chi connectivity index (χ4v) is 7.26. The highest BCUT2D eigenvalue weighted by Gasteiger charge is 2.16. The van der Waals surface area contributed by atoms with Crippen LogP contribution in [-0.2, 0) is 6.42 Å². The molecule has 0 saturated carbocycles. The third kappa shape index (κ3) is 5.80. The first kappa shape index (κ1) is 31.2. The van der Waals surface area contributed by atoms with Crippen molar-refractivity contribution in [2.24, 2.45) is 5.73 Å². The number of nitrogens with two attached hydrogens (primary N) is 1. The number of hydrogen-bond donors (Lipinski definition) is 1. The van der Waals surface area contributed by atoms with Crippen molar-refractivity contribution in [1.29, 1.82) is 0 Å². The molecule has 0 fully saturated rings. The molecule has 0 atom stereocenters. The Morgan fingerprint density at radius 3 is 2.04 bits per heavy atom. The number of aryl methyl sites for hydroxylation is 1. The highest BCUT2D eigenvalue weighted by atomic mass is 16.3. The molecule has 0 aliphatic carbocycles. The molecule has 0 saturated heterocycles. The molecular formula is C48H39NO. The van der Waals surface area contributed by atoms with Crippen molar-refractivity contribution in [2.75, 3.05) is 0 Å². The predicted octanol–water partition coefficient (Wildman–Crippen LogP) is 12.9. The van der Waals surface area contributed by atoms with Crippen LogP contribution in [0.5, 0.6) is 0 Å². The lowest BCUT2D eigenvalue weighted by Crippen LogP contribution is -1.99. The number of hydrogen-bond acceptors (Lipinski definition) is 2. The van der Waals surface area contributed by atoms with Crippen LogP contribution in [0.25, 0.3) is 71.8 Å². The van der Waals surface area contributed by atoms with Gasteiger partial charge in [-0.15, -0.1) is 0 Å². The molecule has 0 radical (unpaired) electrons. The summed E-state index contributed by atoms with van der Waals surface area (Å²) in [5, 5.41) is 8.37. The van der Waals surface area contributed by atoms with E-state index in [-0.39, 0.29) is 0 Å². The van der Waals surface area contributed by atoms with Gasteiger partial charge in [-0.25, -0.2) is 0 Å². The third-order valence-electron chi connectivity index (χ3n) is 9.76. The fourth-order valence-electron chi connectivity index (χ4n) is 7.26. The van der Waals surface area contributed by atoms with E-state index in [0.717, 1.165) is 57.5 Å². The van der Waals surface area contributed by atoms with Crippen LogP contribution in [0.15, 0.2) is 162 Å². The van der Waals surface area contributed by atoms with Gasteiger partial charge in [0.15, 0.2) is 0 Å². The molecular weight excluding hydrogens is 607 g/mol. The third-order valence-corrected chi connectivity index (χ3v) is 9.76. The van der Waals surface area contributed by atoms with Gasteiger partial charge in [0, 0.05) is 22.2 Å². The molecule has 50 heavy (non-hydrogen) atoms. The van der Waals surface area contributed by atoms with Crippen molar-refractivity contribution in [1.82, 2.24) is 0 Å². The Balaban J connectivity index is 1.31. The van der Waals surface area contributed by atoms with Crippen LogP contribution < -0.4 is 5.73 Å². The smallest absolute Gasteiger partial charge is 0.134 e. The first-order valence-corrected chi connectivity index (χ1v) is 17.4. The number of allylic oxidation sites excluding steroid dienone is 4. The summed E-state index contributed by atoms with van der Waals surface area (Å²) in [4.78, 5) is 0. The normalized spacial score (nSPS) is 12.6. The van der Waals surface area contributed by atoms with E-state index < -0.39 is 0 Å². The van der Waals surface area contributed by atoms with Crippen molar-refractivity contribution in [3.05, 3.63) is 186 Å². The minimum Gasteiger partial charge on any atom is -0.461 e. The van der Waals surface area contributed by atoms with E-state index in [1.807, 2.05) is 6.92 Å². The van der Waals surface area contributed by atoms with Crippen LogP contribution >= 0.6 is 0 Å². The zero-order valence-corrected chi connectivity index (χ0v) is 28.5. The van der Waals surface area contributed by atoms with Crippen LogP contribution in [0.1, 0.15) is 41.4 Å². The van der Waals surface area contributed by atoms with Crippen LogP contribution in [0.4, 0.5) is 0 Å². The molecule has 7 aromatic carbocycles. The molecule has 0 bridgehead atoms. The summed E-state index contributed by atoms with van der Waals surface area (Å²) in [5.41, 5.74) is 16.8. The maximum Gasteiger partial charge on any atom is 0.134 e. The minimum absolute atomic E-state index is 0.743. The summed E-state index contributed by atoms with van der Waals surface area (Å²) in [7, 11) is 0. The van der Waals surface area contributed by atoms with Crippen molar-refractivity contribution in [3.63, 3.8) is 0 Å². The molecule has 2 heteroatoms. The van der Waals surface area contributed by atoms with Crippen molar-refractivity contribution < 1.29 is 4.42 Å². The average Bonchev–Trinajstić information content (AvgIpc) is 3.49. The number of rotatable bonds is 8. The molecule has 1 aromatic heterocycles.